The molecule has 0 spiro atoms. The molecule has 1 aromatic carbocycles. The normalized spacial score (nSPS) is 12.6. The molecular weight excluding hydrogens is 458 g/mol. The minimum atomic E-state index is -1.39. The van der Waals surface area contributed by atoms with Gasteiger partial charge in [0.25, 0.3) is 5.09 Å². The second-order valence-electron chi connectivity index (χ2n) is 6.57. The van der Waals surface area contributed by atoms with E-state index in [1.807, 2.05) is 12.1 Å². The number of carbonyl (C=O) groups is 1. The van der Waals surface area contributed by atoms with Gasteiger partial charge in [-0.1, -0.05) is 12.1 Å². The molecule has 0 bridgehead atoms. The van der Waals surface area contributed by atoms with Gasteiger partial charge in [-0.25, -0.2) is 0 Å². The van der Waals surface area contributed by atoms with E-state index in [-0.39, 0.29) is 18.2 Å². The van der Waals surface area contributed by atoms with Crippen LogP contribution in [-0.2, 0) is 14.4 Å². The lowest BCUT2D eigenvalue weighted by Gasteiger charge is -2.18. The van der Waals surface area contributed by atoms with Crippen LogP contribution in [0.5, 0.6) is 5.75 Å². The number of amides is 1. The summed E-state index contributed by atoms with van der Waals surface area (Å²) >= 11 is 1.39. The molecule has 33 heavy (non-hydrogen) atoms. The number of nitrogens with zero attached hydrogens (tertiary/aromatic N) is 3. The van der Waals surface area contributed by atoms with Crippen molar-refractivity contribution in [3.63, 3.8) is 0 Å². The summed E-state index contributed by atoms with van der Waals surface area (Å²) in [5, 5.41) is 24.3. The van der Waals surface area contributed by atoms with Crippen LogP contribution < -0.4 is 15.8 Å². The van der Waals surface area contributed by atoms with E-state index in [1.54, 1.807) is 24.5 Å². The molecule has 0 aliphatic carbocycles. The summed E-state index contributed by atoms with van der Waals surface area (Å²) in [5.41, 5.74) is 6.43. The van der Waals surface area contributed by atoms with Crippen LogP contribution in [0.15, 0.2) is 48.8 Å². The number of pyridine rings is 1. The average Bonchev–Trinajstić information content (AvgIpc) is 3.19. The number of fused-ring (bicyclic) bond motifs is 1. The summed E-state index contributed by atoms with van der Waals surface area (Å²) in [6.45, 7) is -1.54. The Kier molecular flexibility index (Phi) is 8.01. The second kappa shape index (κ2) is 11.1. The topological polar surface area (TPSA) is 182 Å². The number of anilines is 1. The van der Waals surface area contributed by atoms with E-state index in [0.29, 0.717) is 10.6 Å². The minimum Gasteiger partial charge on any atom is -0.463 e. The van der Waals surface area contributed by atoms with Crippen molar-refractivity contribution < 1.29 is 29.1 Å². The number of aromatic nitrogens is 1. The zero-order chi connectivity index (χ0) is 23.8. The maximum Gasteiger partial charge on any atom is 0.309 e. The van der Waals surface area contributed by atoms with Crippen molar-refractivity contribution in [1.82, 2.24) is 4.98 Å². The first-order valence-corrected chi connectivity index (χ1v) is 10.3. The Bertz CT molecular complexity index is 1070. The second-order valence-corrected chi connectivity index (χ2v) is 7.65. The van der Waals surface area contributed by atoms with Gasteiger partial charge in [-0.05, 0) is 35.2 Å². The lowest BCUT2D eigenvalue weighted by Crippen LogP contribution is -2.30. The van der Waals surface area contributed by atoms with Crippen molar-refractivity contribution in [3.05, 3.63) is 74.6 Å². The molecule has 14 heteroatoms. The number of ether oxygens (including phenoxy) is 2. The van der Waals surface area contributed by atoms with Gasteiger partial charge in [0, 0.05) is 23.9 Å². The predicted molar refractivity (Wildman–Crippen MR) is 117 cm³/mol. The van der Waals surface area contributed by atoms with Crippen LogP contribution in [0.1, 0.15) is 11.5 Å². The van der Waals surface area contributed by atoms with Gasteiger partial charge < -0.3 is 20.6 Å². The molecule has 0 aliphatic rings. The number of nitro groups is 1. The summed E-state index contributed by atoms with van der Waals surface area (Å²) in [5.74, 6) is -0.744. The Labute approximate surface area is 190 Å². The summed E-state index contributed by atoms with van der Waals surface area (Å²) in [6.07, 6.45) is 2.00. The van der Waals surface area contributed by atoms with E-state index >= 15 is 0 Å². The highest BCUT2D eigenvalue weighted by Crippen LogP contribution is 2.30. The van der Waals surface area contributed by atoms with Gasteiger partial charge in [0.2, 0.25) is 12.2 Å². The molecule has 2 atom stereocenters. The molecule has 2 heterocycles. The Hall–Kier alpha value is -3.88. The predicted octanol–water partition coefficient (Wildman–Crippen LogP) is 2.14. The lowest BCUT2D eigenvalue weighted by molar-refractivity contribution is -0.761. The van der Waals surface area contributed by atoms with Gasteiger partial charge in [0.05, 0.1) is 15.6 Å². The Morgan fingerprint density at radius 1 is 1.21 bits per heavy atom. The highest BCUT2D eigenvalue weighted by atomic mass is 32.1. The van der Waals surface area contributed by atoms with Crippen molar-refractivity contribution in [3.8, 4) is 5.75 Å². The van der Waals surface area contributed by atoms with Crippen molar-refractivity contribution >= 4 is 32.3 Å². The highest BCUT2D eigenvalue weighted by Gasteiger charge is 2.21. The number of nitrogens with one attached hydrogen (secondary N) is 1. The number of hydrogen-bond acceptors (Lipinski definition) is 11. The first kappa shape index (κ1) is 23.8. The number of hydrogen-bond donors (Lipinski definition) is 2. The molecule has 0 saturated heterocycles. The average molecular weight is 477 g/mol. The molecule has 0 radical (unpaired) electrons. The van der Waals surface area contributed by atoms with Gasteiger partial charge in [0.1, 0.15) is 5.75 Å². The maximum atomic E-state index is 12.8. The first-order valence-electron chi connectivity index (χ1n) is 9.47. The quantitative estimate of drug-likeness (QED) is 0.223. The van der Waals surface area contributed by atoms with Gasteiger partial charge >= 0.3 is 6.73 Å². The van der Waals surface area contributed by atoms with Gasteiger partial charge in [-0.2, -0.15) is 0 Å². The van der Waals surface area contributed by atoms with Crippen LogP contribution in [-0.4, -0.2) is 47.1 Å². The first-order chi connectivity index (χ1) is 15.9. The van der Waals surface area contributed by atoms with E-state index in [1.165, 1.54) is 23.5 Å². The fourth-order valence-corrected chi connectivity index (χ4v) is 3.79. The molecule has 3 aromatic rings. The standard InChI is InChI=1S/C19H19N5O8S/c20-8-15(19(25)22-17-7-13-5-6-21-9-16(13)33-17)12-1-3-14(4-2-12)32-18(10-31-24(28)29)30-11-23(26)27/h1-7,9,15,18H,8,10-11,20H2,(H,22,25). The van der Waals surface area contributed by atoms with E-state index in [9.17, 15) is 25.0 Å². The fourth-order valence-electron chi connectivity index (χ4n) is 2.86. The summed E-state index contributed by atoms with van der Waals surface area (Å²) in [7, 11) is 0. The number of thiophene rings is 1. The van der Waals surface area contributed by atoms with E-state index in [4.69, 9.17) is 15.2 Å². The summed E-state index contributed by atoms with van der Waals surface area (Å²) in [6, 6.07) is 9.87. The third-order valence-corrected chi connectivity index (χ3v) is 5.35. The van der Waals surface area contributed by atoms with Gasteiger partial charge in [-0.15, -0.1) is 21.5 Å². The number of nitrogens with two attached hydrogens (primary N) is 1. The molecule has 0 aliphatic heterocycles. The van der Waals surface area contributed by atoms with E-state index < -0.39 is 35.6 Å². The van der Waals surface area contributed by atoms with Gasteiger partial charge in [-0.3, -0.25) is 24.6 Å². The summed E-state index contributed by atoms with van der Waals surface area (Å²) in [4.78, 5) is 41.1. The number of rotatable bonds is 12. The Morgan fingerprint density at radius 3 is 2.61 bits per heavy atom. The Morgan fingerprint density at radius 2 is 1.97 bits per heavy atom. The molecule has 0 fully saturated rings. The fraction of sp³-hybridized carbons (Fsp3) is 0.263. The van der Waals surface area contributed by atoms with Crippen LogP contribution in [0.25, 0.3) is 10.1 Å². The van der Waals surface area contributed by atoms with Crippen LogP contribution in [0, 0.1) is 20.2 Å². The van der Waals surface area contributed by atoms with E-state index in [2.05, 4.69) is 15.1 Å². The molecule has 2 unspecified atom stereocenters. The van der Waals surface area contributed by atoms with Crippen molar-refractivity contribution in [2.45, 2.75) is 12.2 Å². The largest absolute Gasteiger partial charge is 0.463 e. The lowest BCUT2D eigenvalue weighted by atomic mass is 9.98. The molecule has 174 valence electrons. The third-order valence-electron chi connectivity index (χ3n) is 4.35. The number of carbonyl (C=O) groups excluding carboxylic acids is 1. The van der Waals surface area contributed by atoms with Crippen molar-refractivity contribution in [2.75, 3.05) is 25.2 Å². The monoisotopic (exact) mass is 477 g/mol. The highest BCUT2D eigenvalue weighted by molar-refractivity contribution is 7.22. The smallest absolute Gasteiger partial charge is 0.309 e. The molecule has 2 aromatic heterocycles. The Balaban J connectivity index is 1.65. The molecule has 0 saturated carbocycles. The van der Waals surface area contributed by atoms with Crippen LogP contribution in [0.2, 0.25) is 0 Å². The van der Waals surface area contributed by atoms with Gasteiger partial charge in [0.15, 0.2) is 6.61 Å². The van der Waals surface area contributed by atoms with Crippen LogP contribution in [0.4, 0.5) is 5.00 Å². The maximum absolute atomic E-state index is 12.8. The molecule has 1 amide bonds. The SMILES string of the molecule is NCC(C(=O)Nc1cc2ccncc2s1)c1ccc(OC(CO[N+](=O)[O-])OC[N+](=O)[O-])cc1. The van der Waals surface area contributed by atoms with Crippen molar-refractivity contribution in [2.24, 2.45) is 5.73 Å². The molecular formula is C19H19N5O8S. The zero-order valence-electron chi connectivity index (χ0n) is 17.0. The van der Waals surface area contributed by atoms with Crippen LogP contribution >= 0.6 is 11.3 Å². The summed E-state index contributed by atoms with van der Waals surface area (Å²) < 4.78 is 11.2. The third kappa shape index (κ3) is 6.80. The molecule has 3 rings (SSSR count). The van der Waals surface area contributed by atoms with E-state index in [0.717, 1.165) is 10.1 Å². The van der Waals surface area contributed by atoms with Crippen LogP contribution in [0.3, 0.4) is 0 Å². The zero-order valence-corrected chi connectivity index (χ0v) is 17.8. The van der Waals surface area contributed by atoms with Crippen molar-refractivity contribution in [1.29, 1.82) is 0 Å². The molecule has 13 nitrogen and oxygen atoms in total. The molecule has 3 N–H and O–H groups in total. The number of benzene rings is 1. The minimum absolute atomic E-state index is 0.0454.